The summed E-state index contributed by atoms with van der Waals surface area (Å²) in [7, 11) is -5.63. The van der Waals surface area contributed by atoms with E-state index in [4.69, 9.17) is 6.42 Å². The number of hydrogen-bond acceptors (Lipinski definition) is 3. The van der Waals surface area contributed by atoms with E-state index in [1.54, 1.807) is 18.2 Å². The standard InChI is InChI=1S/C9H6F3IO3S/c1-2-13(8-6-4-3-5-7-8)16-17(14,15)9(10,11)12/h1,3-7H. The Morgan fingerprint density at radius 1 is 1.24 bits per heavy atom. The van der Waals surface area contributed by atoms with E-state index in [0.717, 1.165) is 0 Å². The molecule has 0 amide bonds. The van der Waals surface area contributed by atoms with Crippen molar-refractivity contribution in [3.63, 3.8) is 0 Å². The molecule has 0 atom stereocenters. The fraction of sp³-hybridized carbons (Fsp3) is 0.111. The van der Waals surface area contributed by atoms with Crippen molar-refractivity contribution in [2.45, 2.75) is 5.51 Å². The van der Waals surface area contributed by atoms with E-state index in [0.29, 0.717) is 3.57 Å². The maximum absolute atomic E-state index is 12.1. The molecule has 1 aromatic rings. The molecule has 94 valence electrons. The third-order valence-corrected chi connectivity index (χ3v) is 7.23. The number of hydrogen-bond donors (Lipinski definition) is 0. The van der Waals surface area contributed by atoms with Crippen LogP contribution in [0.2, 0.25) is 0 Å². The predicted molar refractivity (Wildman–Crippen MR) is 64.1 cm³/mol. The SMILES string of the molecule is C#CI(OS(=O)(=O)C(F)(F)F)c1ccccc1. The Morgan fingerprint density at radius 3 is 2.18 bits per heavy atom. The van der Waals surface area contributed by atoms with Gasteiger partial charge in [0.25, 0.3) is 0 Å². The second kappa shape index (κ2) is 5.24. The van der Waals surface area contributed by atoms with E-state index in [1.165, 1.54) is 12.1 Å². The van der Waals surface area contributed by atoms with Gasteiger partial charge in [-0.3, -0.25) is 0 Å². The summed E-state index contributed by atoms with van der Waals surface area (Å²) in [5.41, 5.74) is -5.45. The molecule has 0 radical (unpaired) electrons. The molecule has 17 heavy (non-hydrogen) atoms. The average molecular weight is 378 g/mol. The molecule has 0 aromatic heterocycles. The van der Waals surface area contributed by atoms with Gasteiger partial charge in [-0.2, -0.15) is 0 Å². The van der Waals surface area contributed by atoms with Crippen molar-refractivity contribution >= 4 is 30.4 Å². The summed E-state index contributed by atoms with van der Waals surface area (Å²) in [6.45, 7) is 0. The van der Waals surface area contributed by atoms with Gasteiger partial charge in [-0.1, -0.05) is 0 Å². The summed E-state index contributed by atoms with van der Waals surface area (Å²) < 4.78 is 64.3. The molecule has 0 spiro atoms. The molecule has 0 aliphatic heterocycles. The number of benzene rings is 1. The van der Waals surface area contributed by atoms with Crippen LogP contribution in [-0.4, -0.2) is 13.9 Å². The van der Waals surface area contributed by atoms with Crippen LogP contribution in [-0.2, 0) is 12.6 Å². The second-order valence-electron chi connectivity index (χ2n) is 2.62. The van der Waals surface area contributed by atoms with Crippen molar-refractivity contribution in [1.29, 1.82) is 0 Å². The van der Waals surface area contributed by atoms with Crippen molar-refractivity contribution in [3.8, 4) is 10.4 Å². The topological polar surface area (TPSA) is 43.4 Å². The Hall–Kier alpha value is -0.790. The van der Waals surface area contributed by atoms with Gasteiger partial charge in [0.05, 0.1) is 0 Å². The van der Waals surface area contributed by atoms with Crippen molar-refractivity contribution < 1.29 is 24.1 Å². The first-order valence-electron chi connectivity index (χ1n) is 4.00. The molecular weight excluding hydrogens is 372 g/mol. The van der Waals surface area contributed by atoms with Gasteiger partial charge in [0, 0.05) is 0 Å². The minimum absolute atomic E-state index is 0.312. The molecule has 1 aromatic carbocycles. The van der Waals surface area contributed by atoms with Gasteiger partial charge in [-0.25, -0.2) is 0 Å². The average Bonchev–Trinajstić information content (AvgIpc) is 2.25. The molecule has 0 unspecified atom stereocenters. The monoisotopic (exact) mass is 378 g/mol. The molecule has 0 aliphatic rings. The normalized spacial score (nSPS) is 12.9. The number of rotatable bonds is 3. The summed E-state index contributed by atoms with van der Waals surface area (Å²) >= 11 is -3.27. The Morgan fingerprint density at radius 2 is 1.76 bits per heavy atom. The Balaban J connectivity index is 2.99. The molecule has 0 fully saturated rings. The Kier molecular flexibility index (Phi) is 4.40. The Bertz CT molecular complexity index is 519. The molecule has 0 saturated carbocycles. The van der Waals surface area contributed by atoms with Crippen LogP contribution in [0.3, 0.4) is 0 Å². The van der Waals surface area contributed by atoms with Gasteiger partial charge >= 0.3 is 104 Å². The zero-order chi connectivity index (χ0) is 13.1. The third kappa shape index (κ3) is 3.58. The van der Waals surface area contributed by atoms with Crippen LogP contribution in [0, 0.1) is 13.9 Å². The predicted octanol–water partition coefficient (Wildman–Crippen LogP) is 2.73. The van der Waals surface area contributed by atoms with Crippen molar-refractivity contribution in [2.75, 3.05) is 0 Å². The fourth-order valence-electron chi connectivity index (χ4n) is 0.765. The number of halogens is 4. The third-order valence-electron chi connectivity index (χ3n) is 1.46. The zero-order valence-electron chi connectivity index (χ0n) is 8.11. The van der Waals surface area contributed by atoms with Gasteiger partial charge in [-0.15, -0.1) is 0 Å². The van der Waals surface area contributed by atoms with E-state index >= 15 is 0 Å². The van der Waals surface area contributed by atoms with Crippen LogP contribution >= 0.6 is 20.2 Å². The number of alkyl halides is 3. The molecule has 0 heterocycles. The van der Waals surface area contributed by atoms with Crippen LogP contribution in [0.25, 0.3) is 0 Å². The fourth-order valence-corrected chi connectivity index (χ4v) is 5.51. The summed E-state index contributed by atoms with van der Waals surface area (Å²) in [5, 5.41) is 0. The van der Waals surface area contributed by atoms with E-state index in [1.807, 2.05) is 3.93 Å². The molecular formula is C9H6F3IO3S. The van der Waals surface area contributed by atoms with Crippen LogP contribution in [0.1, 0.15) is 0 Å². The Labute approximate surface area is 104 Å². The summed E-state index contributed by atoms with van der Waals surface area (Å²) in [6, 6.07) is 7.60. The van der Waals surface area contributed by atoms with Crippen LogP contribution < -0.4 is 0 Å². The molecule has 0 bridgehead atoms. The maximum atomic E-state index is 12.1. The quantitative estimate of drug-likeness (QED) is 0.462. The van der Waals surface area contributed by atoms with E-state index in [-0.39, 0.29) is 0 Å². The molecule has 0 N–H and O–H groups in total. The zero-order valence-corrected chi connectivity index (χ0v) is 11.1. The summed E-state index contributed by atoms with van der Waals surface area (Å²) in [6.07, 6.45) is 5.02. The van der Waals surface area contributed by atoms with E-state index in [2.05, 4.69) is 2.51 Å². The van der Waals surface area contributed by atoms with E-state index < -0.39 is 35.9 Å². The summed E-state index contributed by atoms with van der Waals surface area (Å²) in [5.74, 6) is 0. The van der Waals surface area contributed by atoms with Gasteiger partial charge < -0.3 is 0 Å². The first kappa shape index (κ1) is 14.3. The van der Waals surface area contributed by atoms with Crippen LogP contribution in [0.4, 0.5) is 13.2 Å². The second-order valence-corrected chi connectivity index (χ2v) is 8.48. The first-order chi connectivity index (χ1) is 7.78. The van der Waals surface area contributed by atoms with Crippen molar-refractivity contribution in [2.24, 2.45) is 0 Å². The molecule has 1 rings (SSSR count). The van der Waals surface area contributed by atoms with Gasteiger partial charge in [0.15, 0.2) is 0 Å². The van der Waals surface area contributed by atoms with Crippen LogP contribution in [0.5, 0.6) is 0 Å². The molecule has 0 saturated heterocycles. The van der Waals surface area contributed by atoms with E-state index in [9.17, 15) is 21.6 Å². The van der Waals surface area contributed by atoms with Gasteiger partial charge in [0.2, 0.25) is 0 Å². The van der Waals surface area contributed by atoms with Crippen molar-refractivity contribution in [1.82, 2.24) is 0 Å². The van der Waals surface area contributed by atoms with Gasteiger partial charge in [0.1, 0.15) is 0 Å². The van der Waals surface area contributed by atoms with Gasteiger partial charge in [-0.05, 0) is 0 Å². The molecule has 0 aliphatic carbocycles. The number of terminal acetylenes is 1. The first-order valence-corrected chi connectivity index (χ1v) is 8.45. The molecule has 3 nitrogen and oxygen atoms in total. The molecule has 8 heteroatoms. The summed E-state index contributed by atoms with van der Waals surface area (Å²) in [4.78, 5) is 0. The minimum atomic E-state index is -5.63. The van der Waals surface area contributed by atoms with Crippen LogP contribution in [0.15, 0.2) is 30.3 Å². The van der Waals surface area contributed by atoms with Crippen molar-refractivity contribution in [3.05, 3.63) is 33.9 Å².